The molecule has 8 heteroatoms. The molecule has 1 aromatic carbocycles. The van der Waals surface area contributed by atoms with Crippen LogP contribution in [0.3, 0.4) is 0 Å². The number of hydrogen-bond acceptors (Lipinski definition) is 6. The minimum atomic E-state index is -0.141. The molecule has 0 spiro atoms. The fraction of sp³-hybridized carbons (Fsp3) is 0. The molecule has 96 valence electrons. The lowest BCUT2D eigenvalue weighted by molar-refractivity contribution is 0.457. The van der Waals surface area contributed by atoms with Gasteiger partial charge < -0.3 is 5.11 Å². The Kier molecular flexibility index (Phi) is 4.22. The summed E-state index contributed by atoms with van der Waals surface area (Å²) in [5.74, 6) is -0.141. The minimum Gasteiger partial charge on any atom is -0.493 e. The number of thiazole rings is 1. The summed E-state index contributed by atoms with van der Waals surface area (Å²) in [4.78, 5) is 3.76. The van der Waals surface area contributed by atoms with Gasteiger partial charge in [0, 0.05) is 0 Å². The molecule has 0 saturated heterocycles. The lowest BCUT2D eigenvalue weighted by Gasteiger charge is -2.02. The average Bonchev–Trinajstić information content (AvgIpc) is 2.81. The normalized spacial score (nSPS) is 11.1. The Morgan fingerprint density at radius 3 is 2.79 bits per heavy atom. The molecule has 0 amide bonds. The fourth-order valence-corrected chi connectivity index (χ4v) is 2.10. The number of aromatic hydroxyl groups is 1. The van der Waals surface area contributed by atoms with Crippen molar-refractivity contribution in [2.75, 3.05) is 5.43 Å². The van der Waals surface area contributed by atoms with Gasteiger partial charge in [0.1, 0.15) is 6.07 Å². The second kappa shape index (κ2) is 5.89. The van der Waals surface area contributed by atoms with Crippen molar-refractivity contribution < 1.29 is 5.11 Å². The average molecular weight is 313 g/mol. The second-order valence-electron chi connectivity index (χ2n) is 3.32. The first kappa shape index (κ1) is 13.6. The molecule has 0 bridgehead atoms. The van der Waals surface area contributed by atoms with Gasteiger partial charge in [0.15, 0.2) is 10.7 Å². The lowest BCUT2D eigenvalue weighted by atomic mass is 10.3. The van der Waals surface area contributed by atoms with Crippen molar-refractivity contribution >= 4 is 45.9 Å². The molecule has 0 unspecified atom stereocenters. The van der Waals surface area contributed by atoms with Gasteiger partial charge in [-0.1, -0.05) is 23.2 Å². The maximum Gasteiger partial charge on any atom is 0.222 e. The van der Waals surface area contributed by atoms with E-state index in [0.717, 1.165) is 11.3 Å². The van der Waals surface area contributed by atoms with E-state index < -0.39 is 0 Å². The molecule has 0 aliphatic carbocycles. The summed E-state index contributed by atoms with van der Waals surface area (Å²) in [7, 11) is 0. The van der Waals surface area contributed by atoms with Gasteiger partial charge in [-0.3, -0.25) is 5.43 Å². The highest BCUT2D eigenvalue weighted by molar-refractivity contribution is 7.12. The number of nitriles is 1. The molecule has 0 aliphatic rings. The highest BCUT2D eigenvalue weighted by atomic mass is 35.5. The molecule has 0 fully saturated rings. The van der Waals surface area contributed by atoms with Crippen molar-refractivity contribution in [3.63, 3.8) is 0 Å². The molecular weight excluding hydrogens is 307 g/mol. The number of aromatic nitrogens is 1. The fourth-order valence-electron chi connectivity index (χ4n) is 1.18. The van der Waals surface area contributed by atoms with Crippen LogP contribution in [0.4, 0.5) is 5.69 Å². The maximum absolute atomic E-state index is 9.13. The van der Waals surface area contributed by atoms with E-state index in [-0.39, 0.29) is 11.6 Å². The van der Waals surface area contributed by atoms with E-state index in [1.54, 1.807) is 18.2 Å². The van der Waals surface area contributed by atoms with Gasteiger partial charge in [0.2, 0.25) is 5.88 Å². The molecule has 1 aromatic heterocycles. The van der Waals surface area contributed by atoms with Crippen LogP contribution in [0.1, 0.15) is 5.01 Å². The molecule has 0 saturated carbocycles. The van der Waals surface area contributed by atoms with E-state index in [1.807, 2.05) is 6.07 Å². The summed E-state index contributed by atoms with van der Waals surface area (Å²) in [6, 6.07) is 6.76. The standard InChI is InChI=1S/C11H6Cl2N4OS/c12-7-2-1-6(3-8(7)13)16-17-9(4-14)11-15-10(18)5-19-11/h1-3,5,16,18H. The van der Waals surface area contributed by atoms with Gasteiger partial charge >= 0.3 is 0 Å². The summed E-state index contributed by atoms with van der Waals surface area (Å²) in [5, 5.41) is 24.6. The Morgan fingerprint density at radius 1 is 1.42 bits per heavy atom. The molecule has 2 N–H and O–H groups in total. The topological polar surface area (TPSA) is 81.3 Å². The summed E-state index contributed by atoms with van der Waals surface area (Å²) in [6.45, 7) is 0. The van der Waals surface area contributed by atoms with Crippen LogP contribution in [0, 0.1) is 11.3 Å². The molecule has 1 heterocycles. The quantitative estimate of drug-likeness (QED) is 0.671. The number of nitrogens with one attached hydrogen (secondary N) is 1. The van der Waals surface area contributed by atoms with Crippen LogP contribution < -0.4 is 5.43 Å². The predicted molar refractivity (Wildman–Crippen MR) is 76.0 cm³/mol. The number of benzene rings is 1. The van der Waals surface area contributed by atoms with Crippen molar-refractivity contribution in [3.8, 4) is 11.9 Å². The van der Waals surface area contributed by atoms with E-state index in [9.17, 15) is 0 Å². The van der Waals surface area contributed by atoms with Crippen LogP contribution in [0.5, 0.6) is 5.88 Å². The Hall–Kier alpha value is -1.81. The van der Waals surface area contributed by atoms with Crippen LogP contribution in [0.25, 0.3) is 0 Å². The van der Waals surface area contributed by atoms with Crippen LogP contribution in [-0.2, 0) is 0 Å². The molecule has 19 heavy (non-hydrogen) atoms. The summed E-state index contributed by atoms with van der Waals surface area (Å²) < 4.78 is 0. The maximum atomic E-state index is 9.13. The van der Waals surface area contributed by atoms with Crippen LogP contribution >= 0.6 is 34.5 Å². The van der Waals surface area contributed by atoms with E-state index >= 15 is 0 Å². The highest BCUT2D eigenvalue weighted by Crippen LogP contribution is 2.25. The molecule has 0 radical (unpaired) electrons. The SMILES string of the molecule is N#CC(=NNc1ccc(Cl)c(Cl)c1)c1nc(O)cs1. The van der Waals surface area contributed by atoms with Gasteiger partial charge in [0.05, 0.1) is 21.1 Å². The Labute approximate surface area is 122 Å². The van der Waals surface area contributed by atoms with E-state index in [0.29, 0.717) is 20.7 Å². The molecule has 2 aromatic rings. The van der Waals surface area contributed by atoms with Crippen molar-refractivity contribution in [2.45, 2.75) is 0 Å². The Morgan fingerprint density at radius 2 is 2.21 bits per heavy atom. The number of halogens is 2. The zero-order valence-corrected chi connectivity index (χ0v) is 11.6. The molecule has 5 nitrogen and oxygen atoms in total. The van der Waals surface area contributed by atoms with Crippen LogP contribution in [0.2, 0.25) is 10.0 Å². The molecule has 0 atom stereocenters. The number of rotatable bonds is 3. The lowest BCUT2D eigenvalue weighted by Crippen LogP contribution is -2.01. The Balaban J connectivity index is 2.20. The number of anilines is 1. The first-order valence-corrected chi connectivity index (χ1v) is 6.57. The molecular formula is C11H6Cl2N4OS. The third-order valence-corrected chi connectivity index (χ3v) is 3.59. The first-order chi connectivity index (χ1) is 9.10. The minimum absolute atomic E-state index is 0.0661. The first-order valence-electron chi connectivity index (χ1n) is 4.94. The van der Waals surface area contributed by atoms with Gasteiger partial charge in [-0.2, -0.15) is 15.3 Å². The predicted octanol–water partition coefficient (Wildman–Crippen LogP) is 3.50. The van der Waals surface area contributed by atoms with E-state index in [2.05, 4.69) is 15.5 Å². The smallest absolute Gasteiger partial charge is 0.222 e. The van der Waals surface area contributed by atoms with Gasteiger partial charge in [-0.05, 0) is 18.2 Å². The van der Waals surface area contributed by atoms with Crippen molar-refractivity contribution in [1.29, 1.82) is 5.26 Å². The Bertz CT molecular complexity index is 678. The highest BCUT2D eigenvalue weighted by Gasteiger charge is 2.08. The van der Waals surface area contributed by atoms with Gasteiger partial charge in [0.25, 0.3) is 0 Å². The zero-order valence-electron chi connectivity index (χ0n) is 9.26. The van der Waals surface area contributed by atoms with Crippen molar-refractivity contribution in [1.82, 2.24) is 4.98 Å². The monoisotopic (exact) mass is 312 g/mol. The van der Waals surface area contributed by atoms with E-state index in [4.69, 9.17) is 33.6 Å². The van der Waals surface area contributed by atoms with Crippen LogP contribution in [-0.4, -0.2) is 15.8 Å². The third-order valence-electron chi connectivity index (χ3n) is 2.02. The number of hydrazone groups is 1. The second-order valence-corrected chi connectivity index (χ2v) is 5.00. The van der Waals surface area contributed by atoms with E-state index in [1.165, 1.54) is 5.38 Å². The van der Waals surface area contributed by atoms with Crippen molar-refractivity contribution in [3.05, 3.63) is 38.6 Å². The van der Waals surface area contributed by atoms with Gasteiger partial charge in [-0.25, -0.2) is 0 Å². The molecule has 2 rings (SSSR count). The summed E-state index contributed by atoms with van der Waals surface area (Å²) in [6.07, 6.45) is 0. The molecule has 0 aliphatic heterocycles. The van der Waals surface area contributed by atoms with Crippen molar-refractivity contribution in [2.24, 2.45) is 5.10 Å². The zero-order chi connectivity index (χ0) is 13.8. The number of hydrogen-bond donors (Lipinski definition) is 2. The third kappa shape index (κ3) is 3.35. The summed E-state index contributed by atoms with van der Waals surface area (Å²) >= 11 is 12.8. The van der Waals surface area contributed by atoms with Gasteiger partial charge in [-0.15, -0.1) is 11.3 Å². The van der Waals surface area contributed by atoms with Crippen LogP contribution in [0.15, 0.2) is 28.7 Å². The number of nitrogens with zero attached hydrogens (tertiary/aromatic N) is 3. The summed E-state index contributed by atoms with van der Waals surface area (Å²) in [5.41, 5.74) is 3.33. The largest absolute Gasteiger partial charge is 0.493 e.